The van der Waals surface area contributed by atoms with E-state index in [2.05, 4.69) is 269 Å². The van der Waals surface area contributed by atoms with Crippen LogP contribution in [0.3, 0.4) is 0 Å². The van der Waals surface area contributed by atoms with E-state index in [9.17, 15) is 0 Å². The largest absolute Gasteiger partial charge is 0.470 e. The number of hydrogen-bond donors (Lipinski definition) is 1. The molecule has 7 aromatic rings. The molecule has 5 unspecified atom stereocenters. The zero-order valence-corrected chi connectivity index (χ0v) is 55.5. The van der Waals surface area contributed by atoms with Crippen LogP contribution in [0.15, 0.2) is 143 Å². The van der Waals surface area contributed by atoms with E-state index in [1.54, 1.807) is 16.7 Å². The molecule has 1 aromatic heterocycles. The van der Waals surface area contributed by atoms with Gasteiger partial charge in [0.2, 0.25) is 0 Å². The normalized spacial score (nSPS) is 26.2. The summed E-state index contributed by atoms with van der Waals surface area (Å²) < 4.78 is 7.61. The number of aryl methyl sites for hydroxylation is 1. The lowest BCUT2D eigenvalue weighted by atomic mass is 9.35. The second-order valence-electron chi connectivity index (χ2n) is 33.2. The average molecular weight is 1130 g/mol. The van der Waals surface area contributed by atoms with Gasteiger partial charge in [0.05, 0.1) is 11.7 Å². The van der Waals surface area contributed by atoms with Gasteiger partial charge in [0.25, 0.3) is 6.71 Å². The van der Waals surface area contributed by atoms with Gasteiger partial charge in [0, 0.05) is 34.1 Å². The van der Waals surface area contributed by atoms with Crippen LogP contribution in [-0.2, 0) is 27.1 Å². The highest BCUT2D eigenvalue weighted by atomic mass is 16.3. The number of anilines is 4. The maximum atomic E-state index is 7.61. The van der Waals surface area contributed by atoms with Gasteiger partial charge in [-0.3, -0.25) is 0 Å². The summed E-state index contributed by atoms with van der Waals surface area (Å²) in [5.41, 5.74) is 26.9. The van der Waals surface area contributed by atoms with Crippen LogP contribution in [0, 0.1) is 35.0 Å². The van der Waals surface area contributed by atoms with E-state index in [0.29, 0.717) is 5.92 Å². The molecule has 0 spiro atoms. The Balaban J connectivity index is 1.16. The lowest BCUT2D eigenvalue weighted by molar-refractivity contribution is 0.00819. The van der Waals surface area contributed by atoms with E-state index in [1.165, 1.54) is 122 Å². The summed E-state index contributed by atoms with van der Waals surface area (Å²) in [4.78, 5) is 2.91. The molecule has 6 aromatic carbocycles. The molecule has 0 saturated heterocycles. The van der Waals surface area contributed by atoms with Gasteiger partial charge in [0.15, 0.2) is 0 Å². The maximum Gasteiger partial charge on any atom is 0.294 e. The summed E-state index contributed by atoms with van der Waals surface area (Å²) in [7, 11) is 0. The van der Waals surface area contributed by atoms with Crippen molar-refractivity contribution in [1.82, 2.24) is 0 Å². The Kier molecular flexibility index (Phi) is 13.3. The molecule has 5 aliphatic carbocycles. The highest BCUT2D eigenvalue weighted by Crippen LogP contribution is 2.65. The zero-order chi connectivity index (χ0) is 60.5. The second kappa shape index (κ2) is 19.5. The first-order chi connectivity index (χ1) is 39.8. The van der Waals surface area contributed by atoms with Crippen LogP contribution >= 0.6 is 0 Å². The van der Waals surface area contributed by atoms with Crippen molar-refractivity contribution in [1.29, 1.82) is 0 Å². The van der Waals surface area contributed by atoms with Crippen LogP contribution in [0.4, 0.5) is 22.7 Å². The summed E-state index contributed by atoms with van der Waals surface area (Å²) in [6, 6.07) is 46.1. The SMILES string of the molecule is Cc1c(B2c3cc4c(cc3N(C3C=C5C(=CC3C)C(C)(C)CCC5(C)C)c3cc(C5c6ccc(-c7ccccc7)cc6C6(C)CCCCC6(C)[C@H]5C)cc(Nc5ccc(C(C)(C)C)cc5)c32)C(C)(C)CCC4(C)C)oc2ccc(C(C)(C)C)cc12. The van der Waals surface area contributed by atoms with Crippen LogP contribution in [0.2, 0.25) is 0 Å². The smallest absolute Gasteiger partial charge is 0.294 e. The number of allylic oxidation sites excluding steroid dienone is 2. The Bertz CT molecular complexity index is 3880. The monoisotopic (exact) mass is 1130 g/mol. The highest BCUT2D eigenvalue weighted by molar-refractivity contribution is 6.98. The second-order valence-corrected chi connectivity index (χ2v) is 33.2. The predicted molar refractivity (Wildman–Crippen MR) is 366 cm³/mol. The summed E-state index contributed by atoms with van der Waals surface area (Å²) in [6.45, 7) is 46.7. The zero-order valence-electron chi connectivity index (χ0n) is 55.5. The molecule has 6 aliphatic rings. The van der Waals surface area contributed by atoms with E-state index < -0.39 is 0 Å². The van der Waals surface area contributed by atoms with Crippen LogP contribution in [0.1, 0.15) is 226 Å². The van der Waals surface area contributed by atoms with E-state index in [0.717, 1.165) is 29.8 Å². The molecule has 13 rings (SSSR count). The van der Waals surface area contributed by atoms with Crippen molar-refractivity contribution in [2.45, 2.75) is 222 Å². The van der Waals surface area contributed by atoms with Crippen molar-refractivity contribution in [2.75, 3.05) is 10.2 Å². The predicted octanol–water partition coefficient (Wildman–Crippen LogP) is 20.4. The van der Waals surface area contributed by atoms with Crippen molar-refractivity contribution in [3.05, 3.63) is 183 Å². The van der Waals surface area contributed by atoms with Crippen LogP contribution < -0.4 is 26.8 Å². The number of benzene rings is 6. The molecule has 0 bridgehead atoms. The minimum absolute atomic E-state index is 0.00518. The first kappa shape index (κ1) is 58.0. The lowest BCUT2D eigenvalue weighted by Crippen LogP contribution is -2.61. The molecule has 2 heterocycles. The highest BCUT2D eigenvalue weighted by Gasteiger charge is 2.58. The van der Waals surface area contributed by atoms with E-state index >= 15 is 0 Å². The Hall–Kier alpha value is -6.00. The molecule has 0 radical (unpaired) electrons. The molecule has 0 amide bonds. The quantitative estimate of drug-likeness (QED) is 0.168. The van der Waals surface area contributed by atoms with E-state index in [4.69, 9.17) is 4.42 Å². The molecule has 442 valence electrons. The van der Waals surface area contributed by atoms with Crippen molar-refractivity contribution in [3.8, 4) is 11.1 Å². The Morgan fingerprint density at radius 2 is 1.18 bits per heavy atom. The summed E-state index contributed by atoms with van der Waals surface area (Å²) in [6.07, 6.45) is 15.2. The number of rotatable bonds is 6. The first-order valence-corrected chi connectivity index (χ1v) is 33.0. The number of furan rings is 1. The minimum Gasteiger partial charge on any atom is -0.470 e. The van der Waals surface area contributed by atoms with E-state index in [1.807, 2.05) is 0 Å². The molecule has 1 N–H and O–H groups in total. The van der Waals surface area contributed by atoms with Gasteiger partial charge in [0.1, 0.15) is 5.58 Å². The van der Waals surface area contributed by atoms with Gasteiger partial charge in [-0.15, -0.1) is 0 Å². The summed E-state index contributed by atoms with van der Waals surface area (Å²) in [5.74, 6) is 0.734. The van der Waals surface area contributed by atoms with Crippen LogP contribution in [0.25, 0.3) is 22.1 Å². The van der Waals surface area contributed by atoms with Gasteiger partial charge < -0.3 is 14.6 Å². The van der Waals surface area contributed by atoms with E-state index in [-0.39, 0.29) is 67.9 Å². The Labute approximate surface area is 513 Å². The van der Waals surface area contributed by atoms with Crippen molar-refractivity contribution >= 4 is 57.0 Å². The maximum absolute atomic E-state index is 7.61. The summed E-state index contributed by atoms with van der Waals surface area (Å²) >= 11 is 0. The fourth-order valence-corrected chi connectivity index (χ4v) is 17.7. The standard InChI is InChI=1S/C81H99BN2O/c1-49-41-61-63(78(14,15)39-37-76(61,10)11)47-67(49)84-68-48-64-62(77(12,13)38-40-79(64,16)17)46-65(68)82(73-50(2)59-45-56(75(7,8)9)30-34-70(59)85-73)72-66(83-57-31-28-55(29-32-57)74(4,5)6)43-54(44-69(72)84)71-51(3)80(18)35-23-24-36-81(80,19)60-42-53(27-33-58(60)71)52-25-21-20-22-26-52/h20-22,25-34,41-49,51,67,71,83H,23-24,35-40H2,1-19H3/t49?,51-,67?,71?,80?,81?/m0/s1. The van der Waals surface area contributed by atoms with Crippen LogP contribution in [-0.4, -0.2) is 12.8 Å². The fraction of sp³-hybridized carbons (Fsp3) is 0.481. The average Bonchev–Trinajstić information content (AvgIpc) is 1.26. The van der Waals surface area contributed by atoms with Gasteiger partial charge in [-0.05, 0) is 221 Å². The molecule has 6 atom stereocenters. The third kappa shape index (κ3) is 9.14. The van der Waals surface area contributed by atoms with Gasteiger partial charge >= 0.3 is 0 Å². The summed E-state index contributed by atoms with van der Waals surface area (Å²) in [5, 5.41) is 5.56. The third-order valence-electron chi connectivity index (χ3n) is 24.0. The molecule has 4 heteroatoms. The molecule has 2 saturated carbocycles. The van der Waals surface area contributed by atoms with Gasteiger partial charge in [-0.1, -0.05) is 222 Å². The van der Waals surface area contributed by atoms with Crippen LogP contribution in [0.5, 0.6) is 0 Å². The number of hydrogen-bond acceptors (Lipinski definition) is 3. The van der Waals surface area contributed by atoms with Gasteiger partial charge in [-0.25, -0.2) is 0 Å². The van der Waals surface area contributed by atoms with Crippen molar-refractivity contribution in [3.63, 3.8) is 0 Å². The Morgan fingerprint density at radius 3 is 1.84 bits per heavy atom. The molecular weight excluding hydrogens is 1030 g/mol. The third-order valence-corrected chi connectivity index (χ3v) is 24.0. The molecule has 3 nitrogen and oxygen atoms in total. The fourth-order valence-electron chi connectivity index (χ4n) is 17.7. The molecular formula is C81H99BN2O. The van der Waals surface area contributed by atoms with Crippen molar-refractivity contribution < 1.29 is 4.42 Å². The molecule has 2 fully saturated rings. The minimum atomic E-state index is -0.213. The number of nitrogens with zero attached hydrogens (tertiary/aromatic N) is 1. The molecule has 85 heavy (non-hydrogen) atoms. The molecule has 1 aliphatic heterocycles. The Morgan fingerprint density at radius 1 is 0.565 bits per heavy atom. The topological polar surface area (TPSA) is 28.4 Å². The number of nitrogens with one attached hydrogen (secondary N) is 1. The van der Waals surface area contributed by atoms with Crippen molar-refractivity contribution in [2.24, 2.45) is 28.1 Å². The lowest BCUT2D eigenvalue weighted by Gasteiger charge is -2.60. The van der Waals surface area contributed by atoms with Gasteiger partial charge in [-0.2, -0.15) is 0 Å². The number of fused-ring (bicyclic) bond motifs is 8. The first-order valence-electron chi connectivity index (χ1n) is 33.0.